The molecule has 3 heteroatoms. The van der Waals surface area contributed by atoms with Crippen molar-refractivity contribution in [2.75, 3.05) is 0 Å². The van der Waals surface area contributed by atoms with Crippen molar-refractivity contribution in [2.24, 2.45) is 4.99 Å². The van der Waals surface area contributed by atoms with Crippen molar-refractivity contribution in [1.82, 2.24) is 9.97 Å². The Morgan fingerprint density at radius 2 is 1.77 bits per heavy atom. The van der Waals surface area contributed by atoms with E-state index in [1.807, 2.05) is 30.5 Å². The molecule has 0 atom stereocenters. The van der Waals surface area contributed by atoms with Crippen LogP contribution in [-0.2, 0) is 6.42 Å². The number of hydrogen-bond donors (Lipinski definition) is 0. The van der Waals surface area contributed by atoms with Crippen molar-refractivity contribution in [1.29, 1.82) is 0 Å². The summed E-state index contributed by atoms with van der Waals surface area (Å²) in [6, 6.07) is 7.86. The number of hydrogen-bond acceptors (Lipinski definition) is 3. The molecule has 62 valence electrons. The van der Waals surface area contributed by atoms with Crippen molar-refractivity contribution >= 4 is 23.1 Å². The summed E-state index contributed by atoms with van der Waals surface area (Å²) in [5.41, 5.74) is 2.85. The van der Waals surface area contributed by atoms with E-state index in [1.54, 1.807) is 0 Å². The Hall–Kier alpha value is -1.77. The van der Waals surface area contributed by atoms with Crippen molar-refractivity contribution in [3.05, 3.63) is 30.0 Å². The van der Waals surface area contributed by atoms with E-state index in [0.29, 0.717) is 0 Å². The first-order chi connectivity index (χ1) is 6.43. The summed E-state index contributed by atoms with van der Waals surface area (Å²) in [6.45, 7) is 0. The number of rotatable bonds is 0. The molecule has 3 rings (SSSR count). The lowest BCUT2D eigenvalue weighted by molar-refractivity contribution is 1.17. The Bertz CT molecular complexity index is 502. The van der Waals surface area contributed by atoms with E-state index in [9.17, 15) is 0 Å². The summed E-state index contributed by atoms with van der Waals surface area (Å²) in [5, 5.41) is 0. The Kier molecular flexibility index (Phi) is 1.22. The minimum Gasteiger partial charge on any atom is -0.247 e. The molecule has 0 bridgehead atoms. The molecule has 0 aliphatic carbocycles. The molecule has 1 aromatic carbocycles. The molecule has 2 heterocycles. The summed E-state index contributed by atoms with van der Waals surface area (Å²) >= 11 is 0. The molecule has 0 radical (unpaired) electrons. The summed E-state index contributed by atoms with van der Waals surface area (Å²) in [5.74, 6) is 0.777. The third-order valence-corrected chi connectivity index (χ3v) is 2.12. The molecule has 0 saturated heterocycles. The topological polar surface area (TPSA) is 38.1 Å². The van der Waals surface area contributed by atoms with Gasteiger partial charge in [-0.2, -0.15) is 0 Å². The molecule has 1 aliphatic heterocycles. The smallest absolute Gasteiger partial charge is 0.174 e. The van der Waals surface area contributed by atoms with Crippen LogP contribution in [0.3, 0.4) is 0 Å². The van der Waals surface area contributed by atoms with Crippen LogP contribution < -0.4 is 0 Å². The van der Waals surface area contributed by atoms with Crippen LogP contribution in [0.15, 0.2) is 29.3 Å². The van der Waals surface area contributed by atoms with Crippen LogP contribution in [0.25, 0.3) is 11.0 Å². The van der Waals surface area contributed by atoms with E-state index in [4.69, 9.17) is 0 Å². The largest absolute Gasteiger partial charge is 0.247 e. The zero-order valence-corrected chi connectivity index (χ0v) is 6.94. The van der Waals surface area contributed by atoms with Gasteiger partial charge in [0.05, 0.1) is 16.7 Å². The number of benzene rings is 1. The highest BCUT2D eigenvalue weighted by molar-refractivity contribution is 5.80. The van der Waals surface area contributed by atoms with Crippen LogP contribution in [0.1, 0.15) is 5.69 Å². The van der Waals surface area contributed by atoms with Gasteiger partial charge in [-0.15, -0.1) is 0 Å². The molecular formula is C10H7N3. The molecule has 0 saturated carbocycles. The van der Waals surface area contributed by atoms with Crippen LogP contribution >= 0.6 is 0 Å². The Morgan fingerprint density at radius 3 is 2.62 bits per heavy atom. The summed E-state index contributed by atoms with van der Waals surface area (Å²) in [4.78, 5) is 13.0. The van der Waals surface area contributed by atoms with Crippen molar-refractivity contribution < 1.29 is 0 Å². The van der Waals surface area contributed by atoms with Crippen molar-refractivity contribution in [2.45, 2.75) is 6.42 Å². The fraction of sp³-hybridized carbons (Fsp3) is 0.100. The molecule has 2 aromatic rings. The SMILES string of the molecule is C1=Nc2nc3ccccc3nc2C1. The van der Waals surface area contributed by atoms with Crippen molar-refractivity contribution in [3.63, 3.8) is 0 Å². The van der Waals surface area contributed by atoms with E-state index in [0.717, 1.165) is 29.0 Å². The van der Waals surface area contributed by atoms with Gasteiger partial charge in [0.2, 0.25) is 0 Å². The minimum absolute atomic E-state index is 0.777. The van der Waals surface area contributed by atoms with Crippen LogP contribution in [0.2, 0.25) is 0 Å². The van der Waals surface area contributed by atoms with Gasteiger partial charge >= 0.3 is 0 Å². The summed E-state index contributed by atoms with van der Waals surface area (Å²) in [6.07, 6.45) is 2.66. The molecule has 3 nitrogen and oxygen atoms in total. The number of para-hydroxylation sites is 2. The third-order valence-electron chi connectivity index (χ3n) is 2.12. The van der Waals surface area contributed by atoms with E-state index < -0.39 is 0 Å². The maximum absolute atomic E-state index is 4.47. The van der Waals surface area contributed by atoms with Gasteiger partial charge < -0.3 is 0 Å². The van der Waals surface area contributed by atoms with E-state index in [1.165, 1.54) is 0 Å². The third kappa shape index (κ3) is 0.935. The summed E-state index contributed by atoms with van der Waals surface area (Å²) in [7, 11) is 0. The molecular weight excluding hydrogens is 162 g/mol. The molecule has 0 N–H and O–H groups in total. The van der Waals surface area contributed by atoms with Crippen molar-refractivity contribution in [3.8, 4) is 0 Å². The Labute approximate surface area is 75.2 Å². The van der Waals surface area contributed by atoms with Gasteiger partial charge in [-0.25, -0.2) is 15.0 Å². The van der Waals surface area contributed by atoms with Gasteiger partial charge in [-0.05, 0) is 12.1 Å². The van der Waals surface area contributed by atoms with E-state index >= 15 is 0 Å². The first-order valence-electron chi connectivity index (χ1n) is 4.22. The lowest BCUT2D eigenvalue weighted by Gasteiger charge is -1.98. The zero-order chi connectivity index (χ0) is 8.67. The highest BCUT2D eigenvalue weighted by Gasteiger charge is 2.10. The second kappa shape index (κ2) is 2.36. The van der Waals surface area contributed by atoms with Crippen LogP contribution in [0, 0.1) is 0 Å². The van der Waals surface area contributed by atoms with E-state index in [2.05, 4.69) is 15.0 Å². The van der Waals surface area contributed by atoms with Gasteiger partial charge in [0, 0.05) is 12.6 Å². The molecule has 13 heavy (non-hydrogen) atoms. The fourth-order valence-electron chi connectivity index (χ4n) is 1.49. The van der Waals surface area contributed by atoms with Crippen LogP contribution in [-0.4, -0.2) is 16.2 Å². The Morgan fingerprint density at radius 1 is 1.00 bits per heavy atom. The maximum atomic E-state index is 4.47. The van der Waals surface area contributed by atoms with Gasteiger partial charge in [0.1, 0.15) is 0 Å². The quantitative estimate of drug-likeness (QED) is 0.604. The number of fused-ring (bicyclic) bond motifs is 2. The van der Waals surface area contributed by atoms with Gasteiger partial charge in [-0.1, -0.05) is 12.1 Å². The van der Waals surface area contributed by atoms with Crippen LogP contribution in [0.5, 0.6) is 0 Å². The zero-order valence-electron chi connectivity index (χ0n) is 6.94. The molecule has 0 fully saturated rings. The highest BCUT2D eigenvalue weighted by atomic mass is 15.0. The predicted molar refractivity (Wildman–Crippen MR) is 51.4 cm³/mol. The second-order valence-electron chi connectivity index (χ2n) is 3.00. The molecule has 0 amide bonds. The highest BCUT2D eigenvalue weighted by Crippen LogP contribution is 2.22. The standard InChI is InChI=1S/C10H7N3/c1-2-4-8-7(3-1)12-9-5-6-11-10(9)13-8/h1-4,6H,5H2. The monoisotopic (exact) mass is 169 g/mol. The number of nitrogens with zero attached hydrogens (tertiary/aromatic N) is 3. The minimum atomic E-state index is 0.777. The average molecular weight is 169 g/mol. The maximum Gasteiger partial charge on any atom is 0.174 e. The molecule has 1 aliphatic rings. The second-order valence-corrected chi connectivity index (χ2v) is 3.00. The normalized spacial score (nSPS) is 13.5. The molecule has 1 aromatic heterocycles. The van der Waals surface area contributed by atoms with Gasteiger partial charge in [0.15, 0.2) is 5.82 Å². The lowest BCUT2D eigenvalue weighted by Crippen LogP contribution is -1.89. The lowest BCUT2D eigenvalue weighted by atomic mass is 10.3. The summed E-state index contributed by atoms with van der Waals surface area (Å²) < 4.78 is 0. The van der Waals surface area contributed by atoms with Crippen LogP contribution in [0.4, 0.5) is 5.82 Å². The number of aromatic nitrogens is 2. The number of aliphatic imine (C=N–C) groups is 1. The first kappa shape index (κ1) is 6.71. The fourth-order valence-corrected chi connectivity index (χ4v) is 1.49. The first-order valence-corrected chi connectivity index (χ1v) is 4.22. The Balaban J connectivity index is 2.40. The predicted octanol–water partition coefficient (Wildman–Crippen LogP) is 1.89. The molecule has 0 spiro atoms. The molecule has 0 unspecified atom stereocenters. The average Bonchev–Trinajstić information content (AvgIpc) is 2.61. The van der Waals surface area contributed by atoms with Gasteiger partial charge in [-0.3, -0.25) is 0 Å². The van der Waals surface area contributed by atoms with E-state index in [-0.39, 0.29) is 0 Å². The van der Waals surface area contributed by atoms with Gasteiger partial charge in [0.25, 0.3) is 0 Å².